The van der Waals surface area contributed by atoms with Gasteiger partial charge in [0.1, 0.15) is 0 Å². The summed E-state index contributed by atoms with van der Waals surface area (Å²) < 4.78 is 25.6. The van der Waals surface area contributed by atoms with Crippen molar-refractivity contribution < 1.29 is 13.2 Å². The Balaban J connectivity index is 2.17. The van der Waals surface area contributed by atoms with E-state index in [0.29, 0.717) is 10.8 Å². The fourth-order valence-corrected chi connectivity index (χ4v) is 3.55. The Morgan fingerprint density at radius 3 is 2.48 bits per heavy atom. The van der Waals surface area contributed by atoms with E-state index in [0.717, 1.165) is 9.87 Å². The van der Waals surface area contributed by atoms with E-state index in [9.17, 15) is 13.2 Å². The fourth-order valence-electron chi connectivity index (χ4n) is 1.90. The second kappa shape index (κ2) is 7.94. The minimum absolute atomic E-state index is 0.130. The van der Waals surface area contributed by atoms with Gasteiger partial charge in [-0.25, -0.2) is 22.7 Å². The molecule has 7 nitrogen and oxygen atoms in total. The smallest absolute Gasteiger partial charge is 0.242 e. The highest BCUT2D eigenvalue weighted by molar-refractivity contribution is 8.00. The van der Waals surface area contributed by atoms with Crippen LogP contribution in [0.3, 0.4) is 0 Å². The van der Waals surface area contributed by atoms with E-state index < -0.39 is 15.3 Å². The molecule has 0 fully saturated rings. The van der Waals surface area contributed by atoms with Gasteiger partial charge in [0.25, 0.3) is 0 Å². The van der Waals surface area contributed by atoms with E-state index in [-0.39, 0.29) is 10.8 Å². The molecule has 1 unspecified atom stereocenters. The molecule has 25 heavy (non-hydrogen) atoms. The van der Waals surface area contributed by atoms with Crippen molar-refractivity contribution in [1.29, 1.82) is 0 Å². The summed E-state index contributed by atoms with van der Waals surface area (Å²) in [6.07, 6.45) is 3.22. The number of aryl methyl sites for hydroxylation is 1. The maximum atomic E-state index is 12.4. The summed E-state index contributed by atoms with van der Waals surface area (Å²) in [5.41, 5.74) is 1.24. The Kier molecular flexibility index (Phi) is 6.15. The van der Waals surface area contributed by atoms with E-state index in [1.807, 2.05) is 0 Å². The molecule has 2 rings (SSSR count). The fraction of sp³-hybridized carbons (Fsp3) is 0.312. The molecule has 0 bridgehead atoms. The first-order valence-electron chi connectivity index (χ1n) is 7.49. The lowest BCUT2D eigenvalue weighted by Gasteiger charge is -2.16. The number of carbonyl (C=O) groups excluding carboxylic acids is 1. The van der Waals surface area contributed by atoms with Crippen LogP contribution >= 0.6 is 11.8 Å². The molecule has 0 aliphatic carbocycles. The topological polar surface area (TPSA) is 92.3 Å². The highest BCUT2D eigenvalue weighted by atomic mass is 32.2. The number of sulfonamides is 1. The standard InChI is InChI=1S/C16H20N4O3S2/c1-11-6-7-13(25(22,23)20(3)4)10-14(11)19-15(21)12(2)24-16-17-8-5-9-18-16/h5-10,12H,1-4H3,(H,19,21). The number of nitrogens with zero attached hydrogens (tertiary/aromatic N) is 3. The molecule has 0 saturated carbocycles. The summed E-state index contributed by atoms with van der Waals surface area (Å²) in [7, 11) is -0.635. The Labute approximate surface area is 151 Å². The van der Waals surface area contributed by atoms with Crippen molar-refractivity contribution in [3.63, 3.8) is 0 Å². The lowest BCUT2D eigenvalue weighted by atomic mass is 10.2. The summed E-state index contributed by atoms with van der Waals surface area (Å²) in [6.45, 7) is 3.55. The van der Waals surface area contributed by atoms with E-state index in [4.69, 9.17) is 0 Å². The van der Waals surface area contributed by atoms with Gasteiger partial charge < -0.3 is 5.32 Å². The second-order valence-electron chi connectivity index (χ2n) is 5.54. The quantitative estimate of drug-likeness (QED) is 0.610. The molecule has 0 spiro atoms. The van der Waals surface area contributed by atoms with Gasteiger partial charge in [0.2, 0.25) is 15.9 Å². The number of carbonyl (C=O) groups is 1. The van der Waals surface area contributed by atoms with Crippen molar-refractivity contribution in [3.05, 3.63) is 42.2 Å². The maximum Gasteiger partial charge on any atom is 0.242 e. The molecule has 134 valence electrons. The van der Waals surface area contributed by atoms with Gasteiger partial charge in [-0.05, 0) is 37.6 Å². The molecule has 1 amide bonds. The molecule has 0 radical (unpaired) electrons. The summed E-state index contributed by atoms with van der Waals surface area (Å²) in [6, 6.07) is 6.37. The minimum Gasteiger partial charge on any atom is -0.325 e. The number of thioether (sulfide) groups is 1. The van der Waals surface area contributed by atoms with Gasteiger partial charge in [-0.3, -0.25) is 4.79 Å². The molecule has 0 aliphatic rings. The second-order valence-corrected chi connectivity index (χ2v) is 9.00. The highest BCUT2D eigenvalue weighted by Gasteiger charge is 2.20. The van der Waals surface area contributed by atoms with Crippen molar-refractivity contribution in [2.45, 2.75) is 29.1 Å². The first kappa shape index (κ1) is 19.4. The van der Waals surface area contributed by atoms with Crippen LogP contribution in [-0.2, 0) is 14.8 Å². The Morgan fingerprint density at radius 1 is 1.24 bits per heavy atom. The third-order valence-corrected chi connectivity index (χ3v) is 6.24. The number of aromatic nitrogens is 2. The van der Waals surface area contributed by atoms with Crippen LogP contribution in [0.25, 0.3) is 0 Å². The molecule has 1 atom stereocenters. The average molecular weight is 380 g/mol. The van der Waals surface area contributed by atoms with Gasteiger partial charge in [0, 0.05) is 32.2 Å². The largest absolute Gasteiger partial charge is 0.325 e. The van der Waals surface area contributed by atoms with Crippen LogP contribution < -0.4 is 5.32 Å². The zero-order chi connectivity index (χ0) is 18.6. The molecule has 1 heterocycles. The normalized spacial score (nSPS) is 12.8. The van der Waals surface area contributed by atoms with Gasteiger partial charge in [-0.2, -0.15) is 0 Å². The first-order chi connectivity index (χ1) is 11.7. The van der Waals surface area contributed by atoms with Gasteiger partial charge in [0.15, 0.2) is 5.16 Å². The van der Waals surface area contributed by atoms with Gasteiger partial charge in [-0.15, -0.1) is 0 Å². The molecule has 2 aromatic rings. The zero-order valence-electron chi connectivity index (χ0n) is 14.4. The van der Waals surface area contributed by atoms with Crippen LogP contribution in [0.15, 0.2) is 46.7 Å². The first-order valence-corrected chi connectivity index (χ1v) is 9.81. The molecule has 0 aliphatic heterocycles. The van der Waals surface area contributed by atoms with Crippen LogP contribution in [0.4, 0.5) is 5.69 Å². The molecule has 1 N–H and O–H groups in total. The number of hydrogen-bond acceptors (Lipinski definition) is 6. The van der Waals surface area contributed by atoms with Crippen LogP contribution in [0.1, 0.15) is 12.5 Å². The summed E-state index contributed by atoms with van der Waals surface area (Å²) in [5, 5.41) is 2.85. The number of amides is 1. The summed E-state index contributed by atoms with van der Waals surface area (Å²) in [5.74, 6) is -0.250. The minimum atomic E-state index is -3.56. The number of rotatable bonds is 6. The summed E-state index contributed by atoms with van der Waals surface area (Å²) in [4.78, 5) is 20.7. The van der Waals surface area contributed by atoms with Crippen LogP contribution in [-0.4, -0.2) is 47.9 Å². The van der Waals surface area contributed by atoms with Crippen molar-refractivity contribution in [2.75, 3.05) is 19.4 Å². The Hall–Kier alpha value is -1.97. The van der Waals surface area contributed by atoms with E-state index in [2.05, 4.69) is 15.3 Å². The third-order valence-electron chi connectivity index (χ3n) is 3.44. The van der Waals surface area contributed by atoms with Gasteiger partial charge >= 0.3 is 0 Å². The SMILES string of the molecule is Cc1ccc(S(=O)(=O)N(C)C)cc1NC(=O)C(C)Sc1ncccn1. The monoisotopic (exact) mass is 380 g/mol. The van der Waals surface area contributed by atoms with Crippen molar-refractivity contribution in [2.24, 2.45) is 0 Å². The molecule has 1 aromatic carbocycles. The number of anilines is 1. The molecule has 0 saturated heterocycles. The predicted octanol–water partition coefficient (Wildman–Crippen LogP) is 2.15. The molecular formula is C16H20N4O3S2. The van der Waals surface area contributed by atoms with Crippen LogP contribution in [0, 0.1) is 6.92 Å². The van der Waals surface area contributed by atoms with E-state index in [1.165, 1.54) is 38.0 Å². The van der Waals surface area contributed by atoms with Crippen molar-refractivity contribution in [1.82, 2.24) is 14.3 Å². The van der Waals surface area contributed by atoms with Gasteiger partial charge in [0.05, 0.1) is 10.1 Å². The molecular weight excluding hydrogens is 360 g/mol. The Morgan fingerprint density at radius 2 is 1.88 bits per heavy atom. The van der Waals surface area contributed by atoms with Crippen LogP contribution in [0.2, 0.25) is 0 Å². The number of nitrogens with one attached hydrogen (secondary N) is 1. The van der Waals surface area contributed by atoms with E-state index in [1.54, 1.807) is 38.4 Å². The average Bonchev–Trinajstić information content (AvgIpc) is 2.57. The van der Waals surface area contributed by atoms with Gasteiger partial charge in [-0.1, -0.05) is 17.8 Å². The lowest BCUT2D eigenvalue weighted by Crippen LogP contribution is -2.24. The number of hydrogen-bond donors (Lipinski definition) is 1. The lowest BCUT2D eigenvalue weighted by molar-refractivity contribution is -0.115. The molecule has 9 heteroatoms. The maximum absolute atomic E-state index is 12.4. The third kappa shape index (κ3) is 4.77. The Bertz CT molecular complexity index is 855. The predicted molar refractivity (Wildman–Crippen MR) is 98.0 cm³/mol. The van der Waals surface area contributed by atoms with Crippen molar-refractivity contribution >= 4 is 33.4 Å². The zero-order valence-corrected chi connectivity index (χ0v) is 16.1. The summed E-state index contributed by atoms with van der Waals surface area (Å²) >= 11 is 1.23. The highest BCUT2D eigenvalue weighted by Crippen LogP contribution is 2.24. The van der Waals surface area contributed by atoms with Crippen molar-refractivity contribution in [3.8, 4) is 0 Å². The molecule has 1 aromatic heterocycles. The number of benzene rings is 1. The van der Waals surface area contributed by atoms with E-state index >= 15 is 0 Å². The van der Waals surface area contributed by atoms with Crippen LogP contribution in [0.5, 0.6) is 0 Å².